The summed E-state index contributed by atoms with van der Waals surface area (Å²) in [6.45, 7) is 0. The number of nitrogens with zero attached hydrogens (tertiary/aromatic N) is 2. The summed E-state index contributed by atoms with van der Waals surface area (Å²) in [5, 5.41) is 0.606. The molecule has 3 rings (SSSR count). The largest absolute Gasteiger partial charge is 0.232 e. The monoisotopic (exact) mass is 284 g/mol. The summed E-state index contributed by atoms with van der Waals surface area (Å²) in [5.41, 5.74) is 2.24. The van der Waals surface area contributed by atoms with Crippen molar-refractivity contribution in [2.75, 3.05) is 0 Å². The molecule has 0 unspecified atom stereocenters. The van der Waals surface area contributed by atoms with Crippen molar-refractivity contribution in [3.05, 3.63) is 32.9 Å². The van der Waals surface area contributed by atoms with Gasteiger partial charge in [-0.05, 0) is 37.8 Å². The molecular weight excluding hydrogens is 275 g/mol. The topological polar surface area (TPSA) is 25.8 Å². The Labute approximate surface area is 114 Å². The van der Waals surface area contributed by atoms with Gasteiger partial charge in [-0.15, -0.1) is 11.3 Å². The molecule has 1 aliphatic rings. The van der Waals surface area contributed by atoms with Gasteiger partial charge < -0.3 is 0 Å². The third kappa shape index (κ3) is 2.19. The first-order valence-corrected chi connectivity index (χ1v) is 7.12. The zero-order valence-corrected chi connectivity index (χ0v) is 11.4. The lowest BCUT2D eigenvalue weighted by Crippen LogP contribution is -2.08. The van der Waals surface area contributed by atoms with Crippen molar-refractivity contribution < 1.29 is 0 Å². The van der Waals surface area contributed by atoms with Crippen LogP contribution in [0, 0.1) is 0 Å². The highest BCUT2D eigenvalue weighted by atomic mass is 35.5. The molecule has 0 N–H and O–H groups in total. The van der Waals surface area contributed by atoms with Crippen molar-refractivity contribution in [3.8, 4) is 10.7 Å². The van der Waals surface area contributed by atoms with Crippen LogP contribution in [0.25, 0.3) is 10.7 Å². The van der Waals surface area contributed by atoms with Crippen molar-refractivity contribution in [1.29, 1.82) is 0 Å². The average Bonchev–Trinajstić information content (AvgIpc) is 2.76. The second-order valence-electron chi connectivity index (χ2n) is 4.07. The Morgan fingerprint density at radius 3 is 2.65 bits per heavy atom. The molecule has 1 aliphatic carbocycles. The fourth-order valence-corrected chi connectivity index (χ4v) is 3.35. The number of fused-ring (bicyclic) bond motifs is 1. The molecule has 2 nitrogen and oxygen atoms in total. The maximum atomic E-state index is 6.22. The van der Waals surface area contributed by atoms with Crippen LogP contribution in [0.4, 0.5) is 0 Å². The number of halogens is 2. The SMILES string of the molecule is Clc1ccc(-c2nc(Cl)c3c(n2)CCCC3)s1. The summed E-state index contributed by atoms with van der Waals surface area (Å²) in [7, 11) is 0. The summed E-state index contributed by atoms with van der Waals surface area (Å²) in [4.78, 5) is 9.97. The van der Waals surface area contributed by atoms with Crippen LogP contribution in [-0.2, 0) is 12.8 Å². The molecule has 0 radical (unpaired) electrons. The molecule has 2 aromatic rings. The zero-order chi connectivity index (χ0) is 11.8. The van der Waals surface area contributed by atoms with Gasteiger partial charge in [0.15, 0.2) is 5.82 Å². The predicted molar refractivity (Wildman–Crippen MR) is 72.0 cm³/mol. The van der Waals surface area contributed by atoms with Gasteiger partial charge in [0, 0.05) is 11.3 Å². The van der Waals surface area contributed by atoms with Crippen LogP contribution in [-0.4, -0.2) is 9.97 Å². The van der Waals surface area contributed by atoms with Gasteiger partial charge >= 0.3 is 0 Å². The molecule has 0 aliphatic heterocycles. The lowest BCUT2D eigenvalue weighted by molar-refractivity contribution is 0.664. The van der Waals surface area contributed by atoms with Crippen molar-refractivity contribution in [2.24, 2.45) is 0 Å². The quantitative estimate of drug-likeness (QED) is 0.726. The lowest BCUT2D eigenvalue weighted by atomic mass is 9.97. The fourth-order valence-electron chi connectivity index (χ4n) is 2.09. The minimum absolute atomic E-state index is 0.606. The van der Waals surface area contributed by atoms with E-state index in [1.807, 2.05) is 12.1 Å². The van der Waals surface area contributed by atoms with Crippen molar-refractivity contribution in [3.63, 3.8) is 0 Å². The molecule has 0 saturated heterocycles. The van der Waals surface area contributed by atoms with E-state index in [0.29, 0.717) is 11.0 Å². The van der Waals surface area contributed by atoms with E-state index >= 15 is 0 Å². The Balaban J connectivity index is 2.10. The van der Waals surface area contributed by atoms with Crippen LogP contribution in [0.3, 0.4) is 0 Å². The number of aryl methyl sites for hydroxylation is 1. The van der Waals surface area contributed by atoms with Gasteiger partial charge in [-0.25, -0.2) is 9.97 Å². The average molecular weight is 285 g/mol. The molecule has 0 bridgehead atoms. The van der Waals surface area contributed by atoms with Crippen LogP contribution < -0.4 is 0 Å². The van der Waals surface area contributed by atoms with E-state index in [0.717, 1.165) is 33.3 Å². The van der Waals surface area contributed by atoms with Crippen LogP contribution >= 0.6 is 34.5 Å². The molecule has 0 amide bonds. The van der Waals surface area contributed by atoms with Gasteiger partial charge in [-0.1, -0.05) is 23.2 Å². The van der Waals surface area contributed by atoms with Crippen LogP contribution in [0.15, 0.2) is 12.1 Å². The predicted octanol–water partition coefficient (Wildman–Crippen LogP) is 4.39. The molecule has 0 fully saturated rings. The van der Waals surface area contributed by atoms with E-state index in [4.69, 9.17) is 23.2 Å². The normalized spacial score (nSPS) is 14.7. The summed E-state index contributed by atoms with van der Waals surface area (Å²) in [6, 6.07) is 3.80. The Morgan fingerprint density at radius 1 is 1.06 bits per heavy atom. The second kappa shape index (κ2) is 4.56. The van der Waals surface area contributed by atoms with E-state index in [-0.39, 0.29) is 0 Å². The maximum absolute atomic E-state index is 6.22. The van der Waals surface area contributed by atoms with Gasteiger partial charge in [0.2, 0.25) is 0 Å². The molecule has 5 heteroatoms. The standard InChI is InChI=1S/C12H10Cl2N2S/c13-10-6-5-9(17-10)12-15-8-4-2-1-3-7(8)11(14)16-12/h5-6H,1-4H2. The van der Waals surface area contributed by atoms with E-state index < -0.39 is 0 Å². The van der Waals surface area contributed by atoms with Gasteiger partial charge in [-0.2, -0.15) is 0 Å². The van der Waals surface area contributed by atoms with Gasteiger partial charge in [0.25, 0.3) is 0 Å². The van der Waals surface area contributed by atoms with Crippen LogP contribution in [0.1, 0.15) is 24.1 Å². The second-order valence-corrected chi connectivity index (χ2v) is 6.15. The molecule has 0 atom stereocenters. The first-order chi connectivity index (χ1) is 8.24. The smallest absolute Gasteiger partial charge is 0.171 e. The Hall–Kier alpha value is -0.640. The Bertz CT molecular complexity index is 566. The zero-order valence-electron chi connectivity index (χ0n) is 9.04. The highest BCUT2D eigenvalue weighted by Gasteiger charge is 2.17. The summed E-state index contributed by atoms with van der Waals surface area (Å²) >= 11 is 13.6. The third-order valence-electron chi connectivity index (χ3n) is 2.93. The third-order valence-corrected chi connectivity index (χ3v) is 4.47. The van der Waals surface area contributed by atoms with Gasteiger partial charge in [0.05, 0.1) is 9.21 Å². The molecule has 88 valence electrons. The highest BCUT2D eigenvalue weighted by Crippen LogP contribution is 2.32. The summed E-state index contributed by atoms with van der Waals surface area (Å²) in [5.74, 6) is 0.701. The van der Waals surface area contributed by atoms with Crippen molar-refractivity contribution in [2.45, 2.75) is 25.7 Å². The summed E-state index contributed by atoms with van der Waals surface area (Å²) < 4.78 is 0.748. The van der Waals surface area contributed by atoms with E-state index in [1.165, 1.54) is 24.2 Å². The molecular formula is C12H10Cl2N2S. The molecule has 0 spiro atoms. The lowest BCUT2D eigenvalue weighted by Gasteiger charge is -2.15. The maximum Gasteiger partial charge on any atom is 0.171 e. The first kappa shape index (κ1) is 11.5. The molecule has 17 heavy (non-hydrogen) atoms. The number of aromatic nitrogens is 2. The molecule has 0 aromatic carbocycles. The number of hydrogen-bond donors (Lipinski definition) is 0. The van der Waals surface area contributed by atoms with E-state index in [1.54, 1.807) is 0 Å². The first-order valence-electron chi connectivity index (χ1n) is 5.55. The van der Waals surface area contributed by atoms with E-state index in [2.05, 4.69) is 9.97 Å². The van der Waals surface area contributed by atoms with Crippen molar-refractivity contribution in [1.82, 2.24) is 9.97 Å². The van der Waals surface area contributed by atoms with Crippen LogP contribution in [0.5, 0.6) is 0 Å². The van der Waals surface area contributed by atoms with Gasteiger partial charge in [0.1, 0.15) is 5.15 Å². The number of hydrogen-bond acceptors (Lipinski definition) is 3. The highest BCUT2D eigenvalue weighted by molar-refractivity contribution is 7.19. The van der Waals surface area contributed by atoms with Crippen LogP contribution in [0.2, 0.25) is 9.49 Å². The minimum Gasteiger partial charge on any atom is -0.232 e. The summed E-state index contributed by atoms with van der Waals surface area (Å²) in [6.07, 6.45) is 4.37. The number of rotatable bonds is 1. The number of thiophene rings is 1. The molecule has 2 aromatic heterocycles. The van der Waals surface area contributed by atoms with E-state index in [9.17, 15) is 0 Å². The fraction of sp³-hybridized carbons (Fsp3) is 0.333. The minimum atomic E-state index is 0.606. The Kier molecular flexibility index (Phi) is 3.07. The molecule has 2 heterocycles. The Morgan fingerprint density at radius 2 is 1.88 bits per heavy atom. The molecule has 0 saturated carbocycles. The van der Waals surface area contributed by atoms with Crippen molar-refractivity contribution >= 4 is 34.5 Å². The van der Waals surface area contributed by atoms with Gasteiger partial charge in [-0.3, -0.25) is 0 Å².